The molecule has 62 valence electrons. The fourth-order valence-corrected chi connectivity index (χ4v) is 0.567. The molecule has 0 fully saturated rings. The zero-order valence-electron chi connectivity index (χ0n) is 6.54. The van der Waals surface area contributed by atoms with E-state index in [1.807, 2.05) is 0 Å². The lowest BCUT2D eigenvalue weighted by molar-refractivity contribution is -0.137. The first kappa shape index (κ1) is 9.91. The molecule has 1 unspecified atom stereocenters. The van der Waals surface area contributed by atoms with Gasteiger partial charge in [-0.15, -0.1) is 6.58 Å². The quantitative estimate of drug-likeness (QED) is 0.369. The molecule has 0 bridgehead atoms. The Hall–Kier alpha value is -1.09. The van der Waals surface area contributed by atoms with Crippen molar-refractivity contribution in [1.29, 1.82) is 0 Å². The summed E-state index contributed by atoms with van der Waals surface area (Å²) in [5.41, 5.74) is 0.0624. The standard InChI is InChI=1S/C8H12O3/c1-4-5-7(9)6(2)8(10)11-3/h4,7,9H,1-2,5H2,3H3. The van der Waals surface area contributed by atoms with E-state index >= 15 is 0 Å². The molecule has 0 aromatic carbocycles. The summed E-state index contributed by atoms with van der Waals surface area (Å²) in [7, 11) is 1.24. The molecule has 0 aromatic heterocycles. The Morgan fingerprint density at radius 2 is 2.36 bits per heavy atom. The molecular formula is C8H12O3. The lowest BCUT2D eigenvalue weighted by Crippen LogP contribution is -2.17. The third kappa shape index (κ3) is 3.00. The van der Waals surface area contributed by atoms with Crippen LogP contribution in [0.25, 0.3) is 0 Å². The van der Waals surface area contributed by atoms with Gasteiger partial charge in [-0.05, 0) is 6.42 Å². The molecule has 0 aliphatic carbocycles. The average Bonchev–Trinajstić information content (AvgIpc) is 2.02. The van der Waals surface area contributed by atoms with Gasteiger partial charge in [0.15, 0.2) is 0 Å². The first-order valence-corrected chi connectivity index (χ1v) is 3.19. The summed E-state index contributed by atoms with van der Waals surface area (Å²) in [6.07, 6.45) is 0.951. The minimum absolute atomic E-state index is 0.0624. The molecule has 0 heterocycles. The Kier molecular flexibility index (Phi) is 4.22. The second kappa shape index (κ2) is 4.68. The van der Waals surface area contributed by atoms with Gasteiger partial charge in [-0.1, -0.05) is 12.7 Å². The predicted molar refractivity (Wildman–Crippen MR) is 42.0 cm³/mol. The molecule has 0 saturated heterocycles. The van der Waals surface area contributed by atoms with E-state index in [0.717, 1.165) is 0 Å². The van der Waals surface area contributed by atoms with E-state index in [4.69, 9.17) is 5.11 Å². The van der Waals surface area contributed by atoms with E-state index in [1.54, 1.807) is 0 Å². The number of carbonyl (C=O) groups is 1. The highest BCUT2D eigenvalue weighted by Gasteiger charge is 2.14. The summed E-state index contributed by atoms with van der Waals surface area (Å²) in [6, 6.07) is 0. The van der Waals surface area contributed by atoms with Crippen molar-refractivity contribution < 1.29 is 14.6 Å². The summed E-state index contributed by atoms with van der Waals surface area (Å²) in [6.45, 7) is 6.79. The number of hydrogen-bond donors (Lipinski definition) is 1. The highest BCUT2D eigenvalue weighted by molar-refractivity contribution is 5.88. The van der Waals surface area contributed by atoms with Gasteiger partial charge in [0.1, 0.15) is 0 Å². The molecule has 11 heavy (non-hydrogen) atoms. The largest absolute Gasteiger partial charge is 0.466 e. The van der Waals surface area contributed by atoms with Gasteiger partial charge in [0.25, 0.3) is 0 Å². The summed E-state index contributed by atoms with van der Waals surface area (Å²) in [5, 5.41) is 9.15. The summed E-state index contributed by atoms with van der Waals surface area (Å²) in [5.74, 6) is -0.584. The number of aliphatic hydroxyl groups is 1. The maximum Gasteiger partial charge on any atom is 0.335 e. The van der Waals surface area contributed by atoms with Gasteiger partial charge in [0, 0.05) is 0 Å². The molecule has 0 saturated carbocycles. The Labute approximate surface area is 66.0 Å². The van der Waals surface area contributed by atoms with Crippen LogP contribution in [0.5, 0.6) is 0 Å². The number of methoxy groups -OCH3 is 1. The van der Waals surface area contributed by atoms with Crippen LogP contribution >= 0.6 is 0 Å². The van der Waals surface area contributed by atoms with Crippen LogP contribution < -0.4 is 0 Å². The summed E-state index contributed by atoms with van der Waals surface area (Å²) >= 11 is 0. The van der Waals surface area contributed by atoms with Gasteiger partial charge >= 0.3 is 5.97 Å². The topological polar surface area (TPSA) is 46.5 Å². The van der Waals surface area contributed by atoms with Crippen molar-refractivity contribution in [1.82, 2.24) is 0 Å². The van der Waals surface area contributed by atoms with E-state index in [1.165, 1.54) is 13.2 Å². The van der Waals surface area contributed by atoms with Crippen LogP contribution in [-0.4, -0.2) is 24.3 Å². The zero-order valence-corrected chi connectivity index (χ0v) is 6.54. The van der Waals surface area contributed by atoms with Crippen molar-refractivity contribution in [3.63, 3.8) is 0 Å². The van der Waals surface area contributed by atoms with Crippen molar-refractivity contribution in [2.45, 2.75) is 12.5 Å². The van der Waals surface area contributed by atoms with Gasteiger partial charge in [-0.2, -0.15) is 0 Å². The molecule has 0 aliphatic heterocycles. The molecular weight excluding hydrogens is 144 g/mol. The Bertz CT molecular complexity index is 172. The molecule has 0 radical (unpaired) electrons. The zero-order chi connectivity index (χ0) is 8.85. The van der Waals surface area contributed by atoms with Crippen molar-refractivity contribution in [2.24, 2.45) is 0 Å². The van der Waals surface area contributed by atoms with E-state index < -0.39 is 12.1 Å². The van der Waals surface area contributed by atoms with Crippen LogP contribution in [0.3, 0.4) is 0 Å². The minimum Gasteiger partial charge on any atom is -0.466 e. The maximum absolute atomic E-state index is 10.7. The van der Waals surface area contributed by atoms with E-state index in [-0.39, 0.29) is 5.57 Å². The third-order valence-electron chi connectivity index (χ3n) is 1.24. The highest BCUT2D eigenvalue weighted by Crippen LogP contribution is 2.05. The third-order valence-corrected chi connectivity index (χ3v) is 1.24. The first-order valence-electron chi connectivity index (χ1n) is 3.19. The van der Waals surface area contributed by atoms with E-state index in [9.17, 15) is 4.79 Å². The van der Waals surface area contributed by atoms with Crippen LogP contribution in [-0.2, 0) is 9.53 Å². The SMILES string of the molecule is C=CCC(O)C(=C)C(=O)OC. The predicted octanol–water partition coefficient (Wildman–Crippen LogP) is 0.653. The summed E-state index contributed by atoms with van der Waals surface area (Å²) in [4.78, 5) is 10.7. The first-order chi connectivity index (χ1) is 5.13. The second-order valence-corrected chi connectivity index (χ2v) is 2.06. The molecule has 0 amide bonds. The lowest BCUT2D eigenvalue weighted by Gasteiger charge is -2.08. The average molecular weight is 156 g/mol. The number of ether oxygens (including phenoxy) is 1. The molecule has 0 aliphatic rings. The number of aliphatic hydroxyl groups excluding tert-OH is 1. The van der Waals surface area contributed by atoms with Crippen LogP contribution in [0, 0.1) is 0 Å². The van der Waals surface area contributed by atoms with Crippen LogP contribution in [0.15, 0.2) is 24.8 Å². The molecule has 0 rings (SSSR count). The highest BCUT2D eigenvalue weighted by atomic mass is 16.5. The molecule has 3 nitrogen and oxygen atoms in total. The van der Waals surface area contributed by atoms with E-state index in [2.05, 4.69) is 17.9 Å². The van der Waals surface area contributed by atoms with Crippen LogP contribution in [0.2, 0.25) is 0 Å². The van der Waals surface area contributed by atoms with E-state index in [0.29, 0.717) is 6.42 Å². The lowest BCUT2D eigenvalue weighted by atomic mass is 10.1. The molecule has 1 N–H and O–H groups in total. The van der Waals surface area contributed by atoms with Gasteiger partial charge < -0.3 is 9.84 Å². The second-order valence-electron chi connectivity index (χ2n) is 2.06. The summed E-state index contributed by atoms with van der Waals surface area (Å²) < 4.78 is 4.35. The number of carbonyl (C=O) groups excluding carboxylic acids is 1. The van der Waals surface area contributed by atoms with Crippen molar-refractivity contribution in [3.05, 3.63) is 24.8 Å². The van der Waals surface area contributed by atoms with Gasteiger partial charge in [-0.3, -0.25) is 0 Å². The van der Waals surface area contributed by atoms with Crippen LogP contribution in [0.4, 0.5) is 0 Å². The smallest absolute Gasteiger partial charge is 0.335 e. The maximum atomic E-state index is 10.7. The van der Waals surface area contributed by atoms with Gasteiger partial charge in [-0.25, -0.2) is 4.79 Å². The molecule has 0 aromatic rings. The molecule has 3 heteroatoms. The molecule has 0 spiro atoms. The van der Waals surface area contributed by atoms with Gasteiger partial charge in [0.2, 0.25) is 0 Å². The monoisotopic (exact) mass is 156 g/mol. The van der Waals surface area contributed by atoms with Crippen molar-refractivity contribution in [2.75, 3.05) is 7.11 Å². The number of hydrogen-bond acceptors (Lipinski definition) is 3. The number of rotatable bonds is 4. The van der Waals surface area contributed by atoms with Crippen molar-refractivity contribution >= 4 is 5.97 Å². The number of esters is 1. The molecule has 1 atom stereocenters. The Balaban J connectivity index is 4.01. The fraction of sp³-hybridized carbons (Fsp3) is 0.375. The van der Waals surface area contributed by atoms with Crippen LogP contribution in [0.1, 0.15) is 6.42 Å². The van der Waals surface area contributed by atoms with Crippen molar-refractivity contribution in [3.8, 4) is 0 Å². The minimum atomic E-state index is -0.875. The van der Waals surface area contributed by atoms with Gasteiger partial charge in [0.05, 0.1) is 18.8 Å². The Morgan fingerprint density at radius 3 is 2.73 bits per heavy atom. The Morgan fingerprint density at radius 1 is 1.82 bits per heavy atom. The normalized spacial score (nSPS) is 11.8. The fourth-order valence-electron chi connectivity index (χ4n) is 0.567.